The van der Waals surface area contributed by atoms with Gasteiger partial charge in [0.1, 0.15) is 0 Å². The highest BCUT2D eigenvalue weighted by molar-refractivity contribution is 7.26. The van der Waals surface area contributed by atoms with Crippen LogP contribution in [0.3, 0.4) is 0 Å². The van der Waals surface area contributed by atoms with E-state index >= 15 is 0 Å². The molecule has 4 heteroatoms. The van der Waals surface area contributed by atoms with E-state index in [-0.39, 0.29) is 0 Å². The van der Waals surface area contributed by atoms with Crippen molar-refractivity contribution in [2.45, 2.75) is 0 Å². The largest absolute Gasteiger partial charge is 0.264 e. The molecule has 1 aliphatic carbocycles. The zero-order valence-corrected chi connectivity index (χ0v) is 31.7. The third kappa shape index (κ3) is 4.73. The Kier molecular flexibility index (Phi) is 7.00. The Morgan fingerprint density at radius 1 is 0.304 bits per heavy atom. The number of hydrogen-bond acceptors (Lipinski definition) is 4. The molecule has 0 saturated carbocycles. The van der Waals surface area contributed by atoms with Gasteiger partial charge in [-0.25, -0.2) is 0 Å². The van der Waals surface area contributed by atoms with Gasteiger partial charge in [0.15, 0.2) is 0 Å². The summed E-state index contributed by atoms with van der Waals surface area (Å²) in [5.74, 6) is 0. The molecule has 0 spiro atoms. The van der Waals surface area contributed by atoms with Crippen molar-refractivity contribution < 1.29 is 0 Å². The highest BCUT2D eigenvalue weighted by atomic mass is 32.1. The van der Waals surface area contributed by atoms with Crippen LogP contribution in [0.2, 0.25) is 0 Å². The molecule has 0 amide bonds. The van der Waals surface area contributed by atoms with Crippen LogP contribution in [-0.4, -0.2) is 9.97 Å². The average Bonchev–Trinajstić information content (AvgIpc) is 3.84. The number of nitrogens with zero attached hydrogens (tertiary/aromatic N) is 2. The van der Waals surface area contributed by atoms with Crippen molar-refractivity contribution in [3.8, 4) is 77.9 Å². The van der Waals surface area contributed by atoms with Gasteiger partial charge in [-0.15, -0.1) is 22.7 Å². The lowest BCUT2D eigenvalue weighted by Crippen LogP contribution is -1.99. The molecule has 0 fully saturated rings. The van der Waals surface area contributed by atoms with Crippen molar-refractivity contribution in [1.82, 2.24) is 9.97 Å². The van der Waals surface area contributed by atoms with Crippen molar-refractivity contribution in [3.05, 3.63) is 183 Å². The molecule has 0 radical (unpaired) electrons. The average molecular weight is 747 g/mol. The predicted molar refractivity (Wildman–Crippen MR) is 239 cm³/mol. The predicted octanol–water partition coefficient (Wildman–Crippen LogP) is 15.2. The van der Waals surface area contributed by atoms with Gasteiger partial charge in [-0.05, 0) is 108 Å². The summed E-state index contributed by atoms with van der Waals surface area (Å²) < 4.78 is 5.02. The minimum atomic E-state index is 1.19. The topological polar surface area (TPSA) is 25.8 Å². The van der Waals surface area contributed by atoms with Gasteiger partial charge in [-0.2, -0.15) is 0 Å². The Hall–Kier alpha value is -6.72. The maximum Gasteiger partial charge on any atom is 0.0538 e. The van der Waals surface area contributed by atoms with Crippen LogP contribution in [0.4, 0.5) is 0 Å². The van der Waals surface area contributed by atoms with Crippen LogP contribution in [0.15, 0.2) is 183 Å². The highest BCUT2D eigenvalue weighted by Gasteiger charge is 2.25. The van der Waals surface area contributed by atoms with Crippen molar-refractivity contribution >= 4 is 63.0 Å². The van der Waals surface area contributed by atoms with Gasteiger partial charge in [0.2, 0.25) is 0 Å². The fourth-order valence-electron chi connectivity index (χ4n) is 8.99. The monoisotopic (exact) mass is 746 g/mol. The smallest absolute Gasteiger partial charge is 0.0538 e. The van der Waals surface area contributed by atoms with E-state index in [4.69, 9.17) is 0 Å². The second kappa shape index (κ2) is 12.4. The molecule has 0 unspecified atom stereocenters. The van der Waals surface area contributed by atoms with Gasteiger partial charge in [-0.3, -0.25) is 9.97 Å². The molecule has 0 saturated heterocycles. The standard InChI is InChI=1S/C52H30N2S2/c1-2-11-38-37(10-1)39-12-3-4-13-41(39)44-19-7-16-34(50(44)43-15-6-5-14-40(38)43)31-26-32(35-17-8-20-45-42-22-24-54-30-49(42)56-51(35)45)28-33(27-31)36-18-9-21-46-47-29-53-25-23-48(47)55-52(36)46/h1-30H. The summed E-state index contributed by atoms with van der Waals surface area (Å²) in [5.41, 5.74) is 17.3. The molecule has 7 aromatic carbocycles. The van der Waals surface area contributed by atoms with E-state index in [0.717, 1.165) is 0 Å². The fourth-order valence-corrected chi connectivity index (χ4v) is 11.4. The number of pyridine rings is 2. The molecular formula is C52H30N2S2. The Morgan fingerprint density at radius 3 is 1.41 bits per heavy atom. The Morgan fingerprint density at radius 2 is 0.750 bits per heavy atom. The molecule has 0 N–H and O–H groups in total. The third-order valence-corrected chi connectivity index (χ3v) is 13.9. The number of aromatic nitrogens is 2. The minimum absolute atomic E-state index is 1.19. The van der Waals surface area contributed by atoms with E-state index < -0.39 is 0 Å². The van der Waals surface area contributed by atoms with Crippen LogP contribution in [0.1, 0.15) is 0 Å². The van der Waals surface area contributed by atoms with Gasteiger partial charge < -0.3 is 0 Å². The van der Waals surface area contributed by atoms with Gasteiger partial charge in [0, 0.05) is 60.4 Å². The quantitative estimate of drug-likeness (QED) is 0.180. The number of rotatable bonds is 3. The van der Waals surface area contributed by atoms with Crippen LogP contribution < -0.4 is 0 Å². The van der Waals surface area contributed by atoms with Crippen molar-refractivity contribution in [3.63, 3.8) is 0 Å². The number of hydrogen-bond donors (Lipinski definition) is 0. The first-order chi connectivity index (χ1) is 27.8. The molecule has 0 atom stereocenters. The normalized spacial score (nSPS) is 11.9. The third-order valence-electron chi connectivity index (χ3n) is 11.5. The van der Waals surface area contributed by atoms with E-state index in [1.165, 1.54) is 118 Å². The highest BCUT2D eigenvalue weighted by Crippen LogP contribution is 2.52. The van der Waals surface area contributed by atoms with E-state index in [0.29, 0.717) is 0 Å². The van der Waals surface area contributed by atoms with Crippen molar-refractivity contribution in [1.29, 1.82) is 0 Å². The SMILES string of the molecule is c1ccc2c(c1)-c1ccccc1-c1cccc(-c3cc(-c4cccc5c4sc4cnccc45)cc(-c4cccc5c4sc4ccncc45)c3)c1-c1ccccc1-2. The second-order valence-electron chi connectivity index (χ2n) is 14.5. The first-order valence-electron chi connectivity index (χ1n) is 18.9. The van der Waals surface area contributed by atoms with E-state index in [2.05, 4.69) is 168 Å². The molecule has 4 heterocycles. The van der Waals surface area contributed by atoms with Crippen molar-refractivity contribution in [2.75, 3.05) is 0 Å². The Bertz CT molecular complexity index is 3250. The summed E-state index contributed by atoms with van der Waals surface area (Å²) in [6.07, 6.45) is 7.80. The summed E-state index contributed by atoms with van der Waals surface area (Å²) in [4.78, 5) is 8.98. The molecule has 56 heavy (non-hydrogen) atoms. The molecule has 1 aliphatic rings. The maximum absolute atomic E-state index is 4.50. The number of fused-ring (bicyclic) bond motifs is 14. The fraction of sp³-hybridized carbons (Fsp3) is 0. The van der Waals surface area contributed by atoms with Gasteiger partial charge in [0.25, 0.3) is 0 Å². The van der Waals surface area contributed by atoms with E-state index in [1.807, 2.05) is 47.5 Å². The van der Waals surface area contributed by atoms with Crippen LogP contribution in [0.5, 0.6) is 0 Å². The van der Waals surface area contributed by atoms with Gasteiger partial charge >= 0.3 is 0 Å². The molecule has 12 rings (SSSR count). The maximum atomic E-state index is 4.50. The number of thiophene rings is 2. The minimum Gasteiger partial charge on any atom is -0.264 e. The molecule has 0 bridgehead atoms. The first-order valence-corrected chi connectivity index (χ1v) is 20.5. The van der Waals surface area contributed by atoms with E-state index in [1.54, 1.807) is 0 Å². The lowest BCUT2D eigenvalue weighted by molar-refractivity contribution is 1.37. The first kappa shape index (κ1) is 31.6. The molecule has 0 aliphatic heterocycles. The summed E-state index contributed by atoms with van der Waals surface area (Å²) in [5, 5.41) is 4.97. The summed E-state index contributed by atoms with van der Waals surface area (Å²) in [6, 6.07) is 58.6. The van der Waals surface area contributed by atoms with Crippen LogP contribution >= 0.6 is 22.7 Å². The van der Waals surface area contributed by atoms with Gasteiger partial charge in [0.05, 0.1) is 4.70 Å². The summed E-state index contributed by atoms with van der Waals surface area (Å²) in [7, 11) is 0. The summed E-state index contributed by atoms with van der Waals surface area (Å²) in [6.45, 7) is 0. The van der Waals surface area contributed by atoms with E-state index in [9.17, 15) is 0 Å². The molecule has 11 aromatic rings. The molecule has 4 aromatic heterocycles. The molecule has 2 nitrogen and oxygen atoms in total. The van der Waals surface area contributed by atoms with Gasteiger partial charge in [-0.1, -0.05) is 127 Å². The lowest BCUT2D eigenvalue weighted by atomic mass is 9.78. The molecular weight excluding hydrogens is 717 g/mol. The van der Waals surface area contributed by atoms with Crippen molar-refractivity contribution in [2.24, 2.45) is 0 Å². The van der Waals surface area contributed by atoms with Crippen LogP contribution in [-0.2, 0) is 0 Å². The lowest BCUT2D eigenvalue weighted by Gasteiger charge is -2.25. The van der Waals surface area contributed by atoms with Crippen LogP contribution in [0, 0.1) is 0 Å². The number of benzene rings is 7. The second-order valence-corrected chi connectivity index (χ2v) is 16.6. The zero-order chi connectivity index (χ0) is 36.7. The van der Waals surface area contributed by atoms with Crippen LogP contribution in [0.25, 0.3) is 118 Å². The Labute approximate surface area is 331 Å². The summed E-state index contributed by atoms with van der Waals surface area (Å²) >= 11 is 3.68. The zero-order valence-electron chi connectivity index (χ0n) is 30.0. The molecule has 260 valence electrons. The Balaban J connectivity index is 1.19.